The van der Waals surface area contributed by atoms with Crippen LogP contribution < -0.4 is 11.1 Å². The van der Waals surface area contributed by atoms with Crippen LogP contribution in [0.5, 0.6) is 0 Å². The van der Waals surface area contributed by atoms with Gasteiger partial charge in [0.2, 0.25) is 5.91 Å². The molecule has 20 heavy (non-hydrogen) atoms. The monoisotopic (exact) mass is 288 g/mol. The van der Waals surface area contributed by atoms with Crippen molar-refractivity contribution in [2.45, 2.75) is 32.2 Å². The summed E-state index contributed by atoms with van der Waals surface area (Å²) in [5.74, 6) is 0.358. The van der Waals surface area contributed by atoms with Crippen LogP contribution >= 0.6 is 11.3 Å². The van der Waals surface area contributed by atoms with Crippen LogP contribution in [0, 0.1) is 0 Å². The summed E-state index contributed by atoms with van der Waals surface area (Å²) in [5.41, 5.74) is 8.00. The topological polar surface area (TPSA) is 55.1 Å². The molecule has 0 aliphatic rings. The van der Waals surface area contributed by atoms with Gasteiger partial charge in [0.1, 0.15) is 6.04 Å². The molecule has 1 amide bonds. The number of amides is 1. The molecule has 0 bridgehead atoms. The third-order valence-corrected chi connectivity index (χ3v) is 4.45. The van der Waals surface area contributed by atoms with E-state index in [9.17, 15) is 4.79 Å². The fraction of sp³-hybridized carbons (Fsp3) is 0.312. The molecule has 2 unspecified atom stereocenters. The minimum atomic E-state index is -0.607. The number of carbonyl (C=O) groups excluding carboxylic acids is 1. The van der Waals surface area contributed by atoms with Crippen LogP contribution in [0.4, 0.5) is 5.69 Å². The predicted octanol–water partition coefficient (Wildman–Crippen LogP) is 3.90. The summed E-state index contributed by atoms with van der Waals surface area (Å²) in [6.45, 7) is 4.36. The lowest BCUT2D eigenvalue weighted by molar-refractivity contribution is -0.117. The molecule has 4 heteroatoms. The van der Waals surface area contributed by atoms with E-state index in [0.29, 0.717) is 5.92 Å². The number of nitrogens with one attached hydrogen (secondary N) is 1. The van der Waals surface area contributed by atoms with Gasteiger partial charge in [-0.05, 0) is 41.5 Å². The first-order valence-electron chi connectivity index (χ1n) is 6.81. The number of hydrogen-bond acceptors (Lipinski definition) is 3. The molecule has 1 heterocycles. The van der Waals surface area contributed by atoms with Gasteiger partial charge in [0.05, 0.1) is 0 Å². The molecule has 2 aromatic rings. The SMILES string of the molecule is CCC(C)c1ccc(NC(=O)C(N)c2cccs2)cc1. The second-order valence-electron chi connectivity index (χ2n) is 4.91. The summed E-state index contributed by atoms with van der Waals surface area (Å²) in [6.07, 6.45) is 1.11. The van der Waals surface area contributed by atoms with Gasteiger partial charge >= 0.3 is 0 Å². The Morgan fingerprint density at radius 2 is 2.00 bits per heavy atom. The number of benzene rings is 1. The average Bonchev–Trinajstić information content (AvgIpc) is 3.00. The molecule has 3 nitrogen and oxygen atoms in total. The van der Waals surface area contributed by atoms with Crippen molar-refractivity contribution in [2.75, 3.05) is 5.32 Å². The minimum Gasteiger partial charge on any atom is -0.324 e. The largest absolute Gasteiger partial charge is 0.324 e. The summed E-state index contributed by atoms with van der Waals surface area (Å²) in [4.78, 5) is 12.9. The quantitative estimate of drug-likeness (QED) is 0.876. The van der Waals surface area contributed by atoms with Gasteiger partial charge in [-0.3, -0.25) is 4.79 Å². The van der Waals surface area contributed by atoms with Gasteiger partial charge in [0, 0.05) is 10.6 Å². The van der Waals surface area contributed by atoms with Crippen molar-refractivity contribution >= 4 is 22.9 Å². The zero-order chi connectivity index (χ0) is 14.5. The van der Waals surface area contributed by atoms with E-state index in [1.165, 1.54) is 16.9 Å². The van der Waals surface area contributed by atoms with E-state index < -0.39 is 6.04 Å². The zero-order valence-electron chi connectivity index (χ0n) is 11.8. The number of anilines is 1. The number of carbonyl (C=O) groups is 1. The highest BCUT2D eigenvalue weighted by atomic mass is 32.1. The molecule has 0 fully saturated rings. The highest BCUT2D eigenvalue weighted by Gasteiger charge is 2.16. The number of rotatable bonds is 5. The molecule has 0 saturated heterocycles. The van der Waals surface area contributed by atoms with Gasteiger partial charge in [0.25, 0.3) is 0 Å². The highest BCUT2D eigenvalue weighted by molar-refractivity contribution is 7.10. The Kier molecular flexibility index (Phi) is 4.93. The van der Waals surface area contributed by atoms with Crippen LogP contribution in [-0.2, 0) is 4.79 Å². The van der Waals surface area contributed by atoms with E-state index >= 15 is 0 Å². The molecular formula is C16H20N2OS. The first-order chi connectivity index (χ1) is 9.61. The molecule has 1 aromatic heterocycles. The molecule has 3 N–H and O–H groups in total. The summed E-state index contributed by atoms with van der Waals surface area (Å²) < 4.78 is 0. The van der Waals surface area contributed by atoms with Crippen LogP contribution in [0.3, 0.4) is 0 Å². The van der Waals surface area contributed by atoms with Gasteiger partial charge in [-0.2, -0.15) is 0 Å². The average molecular weight is 288 g/mol. The molecule has 2 atom stereocenters. The third-order valence-electron chi connectivity index (χ3n) is 3.49. The van der Waals surface area contributed by atoms with Crippen molar-refractivity contribution in [1.82, 2.24) is 0 Å². The van der Waals surface area contributed by atoms with E-state index in [4.69, 9.17) is 5.73 Å². The molecule has 0 radical (unpaired) electrons. The van der Waals surface area contributed by atoms with Gasteiger partial charge in [-0.25, -0.2) is 0 Å². The maximum atomic E-state index is 12.1. The second-order valence-corrected chi connectivity index (χ2v) is 5.89. The third kappa shape index (κ3) is 3.46. The van der Waals surface area contributed by atoms with Crippen LogP contribution in [0.2, 0.25) is 0 Å². The van der Waals surface area contributed by atoms with Crippen molar-refractivity contribution in [1.29, 1.82) is 0 Å². The Morgan fingerprint density at radius 1 is 1.30 bits per heavy atom. The summed E-state index contributed by atoms with van der Waals surface area (Å²) >= 11 is 1.49. The van der Waals surface area contributed by atoms with Gasteiger partial charge in [-0.1, -0.05) is 32.0 Å². The predicted molar refractivity (Wildman–Crippen MR) is 85.0 cm³/mol. The normalized spacial score (nSPS) is 13.8. The number of hydrogen-bond donors (Lipinski definition) is 2. The first-order valence-corrected chi connectivity index (χ1v) is 7.69. The second kappa shape index (κ2) is 6.68. The van der Waals surface area contributed by atoms with E-state index in [2.05, 4.69) is 31.3 Å². The van der Waals surface area contributed by atoms with E-state index in [-0.39, 0.29) is 5.91 Å². The van der Waals surface area contributed by atoms with Gasteiger partial charge in [-0.15, -0.1) is 11.3 Å². The Labute approximate surface area is 123 Å². The van der Waals surface area contributed by atoms with Gasteiger partial charge in [0.15, 0.2) is 0 Å². The van der Waals surface area contributed by atoms with Crippen LogP contribution in [0.1, 0.15) is 42.7 Å². The summed E-state index contributed by atoms with van der Waals surface area (Å²) in [5, 5.41) is 4.78. The first kappa shape index (κ1) is 14.8. The Morgan fingerprint density at radius 3 is 2.55 bits per heavy atom. The lowest BCUT2D eigenvalue weighted by Crippen LogP contribution is -2.26. The smallest absolute Gasteiger partial charge is 0.246 e. The van der Waals surface area contributed by atoms with Crippen LogP contribution in [-0.4, -0.2) is 5.91 Å². The lowest BCUT2D eigenvalue weighted by Gasteiger charge is -2.13. The van der Waals surface area contributed by atoms with E-state index in [0.717, 1.165) is 17.0 Å². The van der Waals surface area contributed by atoms with Crippen molar-refractivity contribution in [2.24, 2.45) is 5.73 Å². The molecule has 106 valence electrons. The Balaban J connectivity index is 2.01. The maximum absolute atomic E-state index is 12.1. The summed E-state index contributed by atoms with van der Waals surface area (Å²) in [6, 6.07) is 11.1. The molecule has 2 rings (SSSR count). The van der Waals surface area contributed by atoms with Crippen molar-refractivity contribution < 1.29 is 4.79 Å². The molecule has 1 aromatic carbocycles. The number of nitrogens with two attached hydrogens (primary N) is 1. The standard InChI is InChI=1S/C16H20N2OS/c1-3-11(2)12-6-8-13(9-7-12)18-16(19)15(17)14-5-4-10-20-14/h4-11,15H,3,17H2,1-2H3,(H,18,19). The molecule has 0 saturated carbocycles. The van der Waals surface area contributed by atoms with Crippen molar-refractivity contribution in [3.05, 3.63) is 52.2 Å². The van der Waals surface area contributed by atoms with Crippen molar-refractivity contribution in [3.8, 4) is 0 Å². The molecule has 0 aliphatic carbocycles. The van der Waals surface area contributed by atoms with Crippen LogP contribution in [0.15, 0.2) is 41.8 Å². The Bertz CT molecular complexity index is 548. The highest BCUT2D eigenvalue weighted by Crippen LogP contribution is 2.22. The molecule has 0 spiro atoms. The van der Waals surface area contributed by atoms with E-state index in [1.807, 2.05) is 29.6 Å². The summed E-state index contributed by atoms with van der Waals surface area (Å²) in [7, 11) is 0. The molecule has 0 aliphatic heterocycles. The Hall–Kier alpha value is -1.65. The minimum absolute atomic E-state index is 0.177. The maximum Gasteiger partial charge on any atom is 0.246 e. The number of thiophene rings is 1. The van der Waals surface area contributed by atoms with Crippen LogP contribution in [0.25, 0.3) is 0 Å². The van der Waals surface area contributed by atoms with Gasteiger partial charge < -0.3 is 11.1 Å². The van der Waals surface area contributed by atoms with E-state index in [1.54, 1.807) is 0 Å². The fourth-order valence-corrected chi connectivity index (χ4v) is 2.67. The molecular weight excluding hydrogens is 268 g/mol. The lowest BCUT2D eigenvalue weighted by atomic mass is 9.98. The zero-order valence-corrected chi connectivity index (χ0v) is 12.6. The van der Waals surface area contributed by atoms with Crippen molar-refractivity contribution in [3.63, 3.8) is 0 Å². The fourth-order valence-electron chi connectivity index (χ4n) is 1.95.